The van der Waals surface area contributed by atoms with Crippen LogP contribution in [0, 0.1) is 6.92 Å². The lowest BCUT2D eigenvalue weighted by atomic mass is 10.2. The van der Waals surface area contributed by atoms with Gasteiger partial charge in [-0.1, -0.05) is 17.7 Å². The summed E-state index contributed by atoms with van der Waals surface area (Å²) in [6.07, 6.45) is 4.35. The topological polar surface area (TPSA) is 34.1 Å². The van der Waals surface area contributed by atoms with Crippen molar-refractivity contribution in [1.29, 1.82) is 0 Å². The number of aromatic nitrogens is 1. The number of pyridine rings is 1. The summed E-state index contributed by atoms with van der Waals surface area (Å²) in [7, 11) is 0. The van der Waals surface area contributed by atoms with Crippen LogP contribution in [0.3, 0.4) is 0 Å². The van der Waals surface area contributed by atoms with Crippen molar-refractivity contribution >= 4 is 11.6 Å². The summed E-state index contributed by atoms with van der Waals surface area (Å²) < 4.78 is 5.83. The van der Waals surface area contributed by atoms with Crippen LogP contribution in [0.4, 0.5) is 0 Å². The lowest BCUT2D eigenvalue weighted by Crippen LogP contribution is -2.15. The zero-order chi connectivity index (χ0) is 13.9. The Bertz CT molecular complexity index is 611. The van der Waals surface area contributed by atoms with Crippen LogP contribution >= 0.6 is 11.6 Å². The number of ether oxygens (including phenoxy) is 1. The number of rotatable bonds is 5. The highest BCUT2D eigenvalue weighted by molar-refractivity contribution is 6.30. The molecule has 1 saturated carbocycles. The molecule has 20 heavy (non-hydrogen) atoms. The maximum atomic E-state index is 6.00. The van der Waals surface area contributed by atoms with Gasteiger partial charge in [-0.25, -0.2) is 4.98 Å². The molecule has 1 aromatic carbocycles. The van der Waals surface area contributed by atoms with Gasteiger partial charge < -0.3 is 10.1 Å². The molecule has 1 heterocycles. The molecule has 0 radical (unpaired) electrons. The van der Waals surface area contributed by atoms with Gasteiger partial charge in [0, 0.05) is 29.9 Å². The van der Waals surface area contributed by atoms with Gasteiger partial charge >= 0.3 is 0 Å². The van der Waals surface area contributed by atoms with E-state index in [2.05, 4.69) is 10.3 Å². The van der Waals surface area contributed by atoms with Crippen molar-refractivity contribution in [3.05, 3.63) is 52.7 Å². The van der Waals surface area contributed by atoms with E-state index in [1.807, 2.05) is 37.3 Å². The first kappa shape index (κ1) is 13.4. The van der Waals surface area contributed by atoms with E-state index in [1.54, 1.807) is 6.20 Å². The zero-order valence-electron chi connectivity index (χ0n) is 11.4. The lowest BCUT2D eigenvalue weighted by Gasteiger charge is -2.09. The number of aryl methyl sites for hydroxylation is 1. The van der Waals surface area contributed by atoms with Crippen LogP contribution in [0.5, 0.6) is 11.6 Å². The first-order chi connectivity index (χ1) is 9.70. The van der Waals surface area contributed by atoms with Crippen molar-refractivity contribution in [1.82, 2.24) is 10.3 Å². The molecular weight excluding hydrogens is 272 g/mol. The fraction of sp³-hybridized carbons (Fsp3) is 0.312. The Morgan fingerprint density at radius 3 is 2.95 bits per heavy atom. The van der Waals surface area contributed by atoms with Gasteiger partial charge in [-0.15, -0.1) is 0 Å². The molecule has 1 N–H and O–H groups in total. The zero-order valence-corrected chi connectivity index (χ0v) is 12.2. The van der Waals surface area contributed by atoms with Crippen molar-refractivity contribution in [3.8, 4) is 11.6 Å². The Morgan fingerprint density at radius 1 is 1.30 bits per heavy atom. The van der Waals surface area contributed by atoms with Gasteiger partial charge in [0.2, 0.25) is 5.88 Å². The van der Waals surface area contributed by atoms with Crippen molar-refractivity contribution in [2.75, 3.05) is 0 Å². The maximum Gasteiger partial charge on any atom is 0.219 e. The molecule has 0 atom stereocenters. The number of hydrogen-bond acceptors (Lipinski definition) is 3. The van der Waals surface area contributed by atoms with E-state index in [9.17, 15) is 0 Å². The summed E-state index contributed by atoms with van der Waals surface area (Å²) in [6, 6.07) is 10.3. The molecule has 0 amide bonds. The van der Waals surface area contributed by atoms with Crippen LogP contribution in [0.25, 0.3) is 0 Å². The second-order valence-electron chi connectivity index (χ2n) is 5.17. The summed E-state index contributed by atoms with van der Waals surface area (Å²) in [5.74, 6) is 1.35. The predicted octanol–water partition coefficient (Wildman–Crippen LogP) is 4.09. The fourth-order valence-corrected chi connectivity index (χ4v) is 2.12. The second-order valence-corrected chi connectivity index (χ2v) is 5.61. The highest BCUT2D eigenvalue weighted by Gasteiger charge is 2.19. The molecular formula is C16H17ClN2O. The molecule has 1 aliphatic rings. The number of hydrogen-bond donors (Lipinski definition) is 1. The van der Waals surface area contributed by atoms with Gasteiger partial charge in [-0.3, -0.25) is 0 Å². The molecule has 1 aromatic heterocycles. The van der Waals surface area contributed by atoms with E-state index >= 15 is 0 Å². The smallest absolute Gasteiger partial charge is 0.219 e. The summed E-state index contributed by atoms with van der Waals surface area (Å²) >= 11 is 6.00. The van der Waals surface area contributed by atoms with Gasteiger partial charge in [0.25, 0.3) is 0 Å². The van der Waals surface area contributed by atoms with Crippen LogP contribution < -0.4 is 10.1 Å². The monoisotopic (exact) mass is 288 g/mol. The second kappa shape index (κ2) is 5.81. The molecule has 3 rings (SSSR count). The van der Waals surface area contributed by atoms with E-state index in [0.717, 1.165) is 17.9 Å². The highest BCUT2D eigenvalue weighted by Crippen LogP contribution is 2.27. The van der Waals surface area contributed by atoms with Crippen LogP contribution in [0.2, 0.25) is 5.02 Å². The first-order valence-electron chi connectivity index (χ1n) is 6.83. The average molecular weight is 289 g/mol. The SMILES string of the molecule is Cc1ccc(Cl)cc1Oc1cc(CNC2CC2)ccn1. The summed E-state index contributed by atoms with van der Waals surface area (Å²) in [5.41, 5.74) is 2.22. The minimum absolute atomic E-state index is 0.602. The number of nitrogens with one attached hydrogen (secondary N) is 1. The third kappa shape index (κ3) is 3.50. The largest absolute Gasteiger partial charge is 0.439 e. The van der Waals surface area contributed by atoms with Crippen molar-refractivity contribution in [2.45, 2.75) is 32.4 Å². The van der Waals surface area contributed by atoms with E-state index < -0.39 is 0 Å². The van der Waals surface area contributed by atoms with E-state index in [4.69, 9.17) is 16.3 Å². The molecule has 0 aliphatic heterocycles. The lowest BCUT2D eigenvalue weighted by molar-refractivity contribution is 0.458. The van der Waals surface area contributed by atoms with Crippen molar-refractivity contribution in [2.24, 2.45) is 0 Å². The maximum absolute atomic E-state index is 6.00. The molecule has 104 valence electrons. The van der Waals surface area contributed by atoms with Gasteiger partial charge in [-0.2, -0.15) is 0 Å². The molecule has 0 unspecified atom stereocenters. The quantitative estimate of drug-likeness (QED) is 0.900. The predicted molar refractivity (Wildman–Crippen MR) is 80.4 cm³/mol. The standard InChI is InChI=1S/C16H17ClN2O/c1-11-2-3-13(17)9-15(11)20-16-8-12(6-7-18-16)10-19-14-4-5-14/h2-3,6-9,14,19H,4-5,10H2,1H3. The molecule has 0 spiro atoms. The Hall–Kier alpha value is -1.58. The van der Waals surface area contributed by atoms with Crippen LogP contribution in [-0.2, 0) is 6.54 Å². The summed E-state index contributed by atoms with van der Waals surface area (Å²) in [6.45, 7) is 2.85. The number of halogens is 1. The van der Waals surface area contributed by atoms with Crippen molar-refractivity contribution < 1.29 is 4.74 Å². The molecule has 4 heteroatoms. The molecule has 0 bridgehead atoms. The summed E-state index contributed by atoms with van der Waals surface area (Å²) in [4.78, 5) is 4.26. The molecule has 1 fully saturated rings. The Morgan fingerprint density at radius 2 is 2.15 bits per heavy atom. The molecule has 3 nitrogen and oxygen atoms in total. The van der Waals surface area contributed by atoms with Gasteiger partial charge in [0.05, 0.1) is 0 Å². The minimum Gasteiger partial charge on any atom is -0.439 e. The first-order valence-corrected chi connectivity index (χ1v) is 7.21. The van der Waals surface area contributed by atoms with E-state index in [-0.39, 0.29) is 0 Å². The van der Waals surface area contributed by atoms with Gasteiger partial charge in [0.1, 0.15) is 5.75 Å². The Labute approximate surface area is 123 Å². The Kier molecular flexibility index (Phi) is 3.90. The third-order valence-corrected chi connectivity index (χ3v) is 3.57. The Balaban J connectivity index is 1.72. The molecule has 2 aromatic rings. The van der Waals surface area contributed by atoms with Crippen LogP contribution in [0.1, 0.15) is 24.0 Å². The highest BCUT2D eigenvalue weighted by atomic mass is 35.5. The van der Waals surface area contributed by atoms with E-state index in [1.165, 1.54) is 18.4 Å². The fourth-order valence-electron chi connectivity index (χ4n) is 1.96. The average Bonchev–Trinajstić information content (AvgIpc) is 3.25. The van der Waals surface area contributed by atoms with Gasteiger partial charge in [0.15, 0.2) is 0 Å². The normalized spacial score (nSPS) is 14.3. The van der Waals surface area contributed by atoms with Crippen molar-refractivity contribution in [3.63, 3.8) is 0 Å². The van der Waals surface area contributed by atoms with E-state index in [0.29, 0.717) is 16.9 Å². The van der Waals surface area contributed by atoms with Gasteiger partial charge in [-0.05, 0) is 49.1 Å². The molecule has 0 saturated heterocycles. The third-order valence-electron chi connectivity index (χ3n) is 3.34. The molecule has 1 aliphatic carbocycles. The summed E-state index contributed by atoms with van der Waals surface area (Å²) in [5, 5.41) is 4.14. The minimum atomic E-state index is 0.602. The number of nitrogens with zero attached hydrogens (tertiary/aromatic N) is 1. The van der Waals surface area contributed by atoms with Crippen LogP contribution in [0.15, 0.2) is 36.5 Å². The van der Waals surface area contributed by atoms with Crippen LogP contribution in [-0.4, -0.2) is 11.0 Å². The number of benzene rings is 1.